The van der Waals surface area contributed by atoms with Crippen LogP contribution in [0.25, 0.3) is 0 Å². The summed E-state index contributed by atoms with van der Waals surface area (Å²) >= 11 is 0. The fourth-order valence-corrected chi connectivity index (χ4v) is 2.37. The van der Waals surface area contributed by atoms with Crippen LogP contribution < -0.4 is 15.4 Å². The maximum absolute atomic E-state index is 12.4. The molecule has 1 aromatic heterocycles. The summed E-state index contributed by atoms with van der Waals surface area (Å²) in [4.78, 5) is 16.6. The van der Waals surface area contributed by atoms with Crippen LogP contribution in [0.15, 0.2) is 53.1 Å². The molecule has 0 fully saturated rings. The van der Waals surface area contributed by atoms with Crippen LogP contribution in [-0.4, -0.2) is 23.2 Å². The molecule has 0 aliphatic rings. The molecule has 26 heavy (non-hydrogen) atoms. The number of hydrogen-bond donors (Lipinski definition) is 2. The van der Waals surface area contributed by atoms with Crippen LogP contribution >= 0.6 is 0 Å². The van der Waals surface area contributed by atoms with Gasteiger partial charge in [-0.25, -0.2) is 0 Å². The SMILES string of the molecule is CCc1noc(CNc2ccc(C(=O)Nc3ccccc3OC)cc2)n1. The number of nitrogens with zero attached hydrogens (tertiary/aromatic N) is 2. The van der Waals surface area contributed by atoms with Crippen molar-refractivity contribution >= 4 is 17.3 Å². The Balaban J connectivity index is 1.60. The Bertz CT molecular complexity index is 875. The molecule has 0 aliphatic carbocycles. The molecular formula is C19H20N4O3. The van der Waals surface area contributed by atoms with Crippen LogP contribution in [0.1, 0.15) is 29.0 Å². The van der Waals surface area contributed by atoms with Crippen LogP contribution in [0.2, 0.25) is 0 Å². The zero-order valence-corrected chi connectivity index (χ0v) is 14.7. The third kappa shape index (κ3) is 4.18. The molecule has 0 saturated heterocycles. The lowest BCUT2D eigenvalue weighted by molar-refractivity contribution is 0.102. The smallest absolute Gasteiger partial charge is 0.255 e. The Kier molecular flexibility index (Phi) is 5.48. The van der Waals surface area contributed by atoms with E-state index in [1.807, 2.05) is 31.2 Å². The zero-order chi connectivity index (χ0) is 18.4. The lowest BCUT2D eigenvalue weighted by Crippen LogP contribution is -2.12. The second-order valence-corrected chi connectivity index (χ2v) is 5.54. The van der Waals surface area contributed by atoms with Gasteiger partial charge in [0.2, 0.25) is 5.89 Å². The van der Waals surface area contributed by atoms with Crippen LogP contribution in [-0.2, 0) is 13.0 Å². The summed E-state index contributed by atoms with van der Waals surface area (Å²) in [6.07, 6.45) is 0.736. The molecule has 1 amide bonds. The Morgan fingerprint density at radius 3 is 2.62 bits per heavy atom. The first-order valence-electron chi connectivity index (χ1n) is 8.29. The number of rotatable bonds is 7. The second kappa shape index (κ2) is 8.15. The van der Waals surface area contributed by atoms with E-state index >= 15 is 0 Å². The number of benzene rings is 2. The number of amides is 1. The Labute approximate surface area is 151 Å². The Morgan fingerprint density at radius 1 is 1.15 bits per heavy atom. The van der Waals surface area contributed by atoms with Crippen molar-refractivity contribution in [1.29, 1.82) is 0 Å². The zero-order valence-electron chi connectivity index (χ0n) is 14.7. The van der Waals surface area contributed by atoms with E-state index in [-0.39, 0.29) is 5.91 Å². The number of aromatic nitrogens is 2. The second-order valence-electron chi connectivity index (χ2n) is 5.54. The van der Waals surface area contributed by atoms with Crippen molar-refractivity contribution in [1.82, 2.24) is 10.1 Å². The van der Waals surface area contributed by atoms with E-state index < -0.39 is 0 Å². The van der Waals surface area contributed by atoms with Gasteiger partial charge in [0, 0.05) is 17.7 Å². The largest absolute Gasteiger partial charge is 0.495 e. The third-order valence-corrected chi connectivity index (χ3v) is 3.77. The van der Waals surface area contributed by atoms with Crippen molar-refractivity contribution < 1.29 is 14.1 Å². The van der Waals surface area contributed by atoms with Crippen molar-refractivity contribution in [3.05, 3.63) is 65.8 Å². The molecule has 134 valence electrons. The van der Waals surface area contributed by atoms with Crippen LogP contribution in [0.5, 0.6) is 5.75 Å². The highest BCUT2D eigenvalue weighted by atomic mass is 16.5. The molecule has 2 aromatic carbocycles. The van der Waals surface area contributed by atoms with Crippen LogP contribution in [0.4, 0.5) is 11.4 Å². The molecule has 3 aromatic rings. The van der Waals surface area contributed by atoms with Crippen LogP contribution in [0, 0.1) is 0 Å². The monoisotopic (exact) mass is 352 g/mol. The number of anilines is 2. The molecule has 7 heteroatoms. The lowest BCUT2D eigenvalue weighted by Gasteiger charge is -2.10. The topological polar surface area (TPSA) is 89.3 Å². The molecule has 0 spiro atoms. The minimum absolute atomic E-state index is 0.203. The number of carbonyl (C=O) groups excluding carboxylic acids is 1. The first-order chi connectivity index (χ1) is 12.7. The van der Waals surface area contributed by atoms with Gasteiger partial charge in [0.1, 0.15) is 5.75 Å². The Morgan fingerprint density at radius 2 is 1.92 bits per heavy atom. The maximum Gasteiger partial charge on any atom is 0.255 e. The molecule has 0 bridgehead atoms. The highest BCUT2D eigenvalue weighted by molar-refractivity contribution is 6.05. The van der Waals surface area contributed by atoms with Gasteiger partial charge in [0.25, 0.3) is 5.91 Å². The highest BCUT2D eigenvalue weighted by Crippen LogP contribution is 2.23. The molecule has 0 unspecified atom stereocenters. The van der Waals surface area contributed by atoms with Gasteiger partial charge in [-0.1, -0.05) is 24.2 Å². The fourth-order valence-electron chi connectivity index (χ4n) is 2.37. The van der Waals surface area contributed by atoms with Crippen molar-refractivity contribution in [2.75, 3.05) is 17.7 Å². The van der Waals surface area contributed by atoms with Gasteiger partial charge in [-0.2, -0.15) is 4.98 Å². The number of nitrogens with one attached hydrogen (secondary N) is 2. The molecule has 0 radical (unpaired) electrons. The molecule has 2 N–H and O–H groups in total. The minimum Gasteiger partial charge on any atom is -0.495 e. The van der Waals surface area contributed by atoms with E-state index in [0.717, 1.165) is 12.1 Å². The van der Waals surface area contributed by atoms with Gasteiger partial charge in [0.15, 0.2) is 5.82 Å². The average molecular weight is 352 g/mol. The van der Waals surface area contributed by atoms with E-state index in [1.54, 1.807) is 31.4 Å². The summed E-state index contributed by atoms with van der Waals surface area (Å²) in [5.41, 5.74) is 2.04. The summed E-state index contributed by atoms with van der Waals surface area (Å²) in [6.45, 7) is 2.40. The molecule has 7 nitrogen and oxygen atoms in total. The van der Waals surface area contributed by atoms with Crippen molar-refractivity contribution in [2.45, 2.75) is 19.9 Å². The van der Waals surface area contributed by atoms with Gasteiger partial charge in [-0.15, -0.1) is 0 Å². The fraction of sp³-hybridized carbons (Fsp3) is 0.211. The number of carbonyl (C=O) groups is 1. The minimum atomic E-state index is -0.203. The van der Waals surface area contributed by atoms with Crippen LogP contribution in [0.3, 0.4) is 0 Å². The first-order valence-corrected chi connectivity index (χ1v) is 8.29. The highest BCUT2D eigenvalue weighted by Gasteiger charge is 2.09. The number of hydrogen-bond acceptors (Lipinski definition) is 6. The van der Waals surface area contributed by atoms with Crippen molar-refractivity contribution in [2.24, 2.45) is 0 Å². The molecular weight excluding hydrogens is 332 g/mol. The van der Waals surface area contributed by atoms with E-state index in [9.17, 15) is 4.79 Å². The third-order valence-electron chi connectivity index (χ3n) is 3.77. The summed E-state index contributed by atoms with van der Waals surface area (Å²) < 4.78 is 10.4. The van der Waals surface area contributed by atoms with Gasteiger partial charge in [0.05, 0.1) is 19.3 Å². The van der Waals surface area contributed by atoms with Crippen molar-refractivity contribution in [3.8, 4) is 5.75 Å². The van der Waals surface area contributed by atoms with Gasteiger partial charge in [-0.3, -0.25) is 4.79 Å². The number of ether oxygens (including phenoxy) is 1. The molecule has 0 aliphatic heterocycles. The predicted molar refractivity (Wildman–Crippen MR) is 98.4 cm³/mol. The quantitative estimate of drug-likeness (QED) is 0.676. The van der Waals surface area contributed by atoms with Gasteiger partial charge >= 0.3 is 0 Å². The normalized spacial score (nSPS) is 10.4. The first kappa shape index (κ1) is 17.5. The van der Waals surface area contributed by atoms with E-state index in [0.29, 0.717) is 35.3 Å². The maximum atomic E-state index is 12.4. The van der Waals surface area contributed by atoms with Gasteiger partial charge in [-0.05, 0) is 36.4 Å². The average Bonchev–Trinajstić information content (AvgIpc) is 3.15. The summed E-state index contributed by atoms with van der Waals surface area (Å²) in [5.74, 6) is 1.63. The molecule has 0 saturated carbocycles. The van der Waals surface area contributed by atoms with Crippen molar-refractivity contribution in [3.63, 3.8) is 0 Å². The predicted octanol–water partition coefficient (Wildman–Crippen LogP) is 3.51. The molecule has 1 heterocycles. The van der Waals surface area contributed by atoms with E-state index in [2.05, 4.69) is 20.8 Å². The number of aryl methyl sites for hydroxylation is 1. The summed E-state index contributed by atoms with van der Waals surface area (Å²) in [6, 6.07) is 14.4. The summed E-state index contributed by atoms with van der Waals surface area (Å²) in [7, 11) is 1.57. The summed E-state index contributed by atoms with van der Waals surface area (Å²) in [5, 5.41) is 9.88. The van der Waals surface area contributed by atoms with E-state index in [1.165, 1.54) is 0 Å². The standard InChI is InChI=1S/C19H20N4O3/c1-3-17-22-18(26-23-17)12-20-14-10-8-13(9-11-14)19(24)21-15-6-4-5-7-16(15)25-2/h4-11,20H,3,12H2,1-2H3,(H,21,24). The van der Waals surface area contributed by atoms with E-state index in [4.69, 9.17) is 9.26 Å². The lowest BCUT2D eigenvalue weighted by atomic mass is 10.2. The Hall–Kier alpha value is -3.35. The molecule has 0 atom stereocenters. The number of methoxy groups -OCH3 is 1. The van der Waals surface area contributed by atoms with Gasteiger partial charge < -0.3 is 19.9 Å². The molecule has 3 rings (SSSR count). The number of para-hydroxylation sites is 2.